The van der Waals surface area contributed by atoms with E-state index in [4.69, 9.17) is 23.2 Å². The molecule has 1 rings (SSSR count). The molecule has 0 aromatic carbocycles. The minimum absolute atomic E-state index is 0.311. The van der Waals surface area contributed by atoms with Crippen molar-refractivity contribution in [1.82, 2.24) is 9.97 Å². The normalized spacial score (nSPS) is 10.8. The van der Waals surface area contributed by atoms with Crippen LogP contribution in [0.4, 0.5) is 0 Å². The fraction of sp³-hybridized carbons (Fsp3) is 0.556. The van der Waals surface area contributed by atoms with Crippen LogP contribution in [0.15, 0.2) is 6.07 Å². The molecule has 0 saturated heterocycles. The van der Waals surface area contributed by atoms with Gasteiger partial charge in [0.25, 0.3) is 0 Å². The van der Waals surface area contributed by atoms with Gasteiger partial charge in [-0.2, -0.15) is 0 Å². The van der Waals surface area contributed by atoms with Gasteiger partial charge in [-0.05, 0) is 18.4 Å². The zero-order valence-corrected chi connectivity index (χ0v) is 9.23. The highest BCUT2D eigenvalue weighted by atomic mass is 35.5. The lowest BCUT2D eigenvalue weighted by Crippen LogP contribution is -2.01. The van der Waals surface area contributed by atoms with E-state index in [0.29, 0.717) is 22.8 Å². The minimum Gasteiger partial charge on any atom is -0.237 e. The van der Waals surface area contributed by atoms with Crippen LogP contribution in [0.5, 0.6) is 0 Å². The van der Waals surface area contributed by atoms with E-state index in [1.807, 2.05) is 0 Å². The Hall–Kier alpha value is -0.340. The summed E-state index contributed by atoms with van der Waals surface area (Å²) in [5.41, 5.74) is 0.964. The van der Waals surface area contributed by atoms with Gasteiger partial charge in [0.2, 0.25) is 0 Å². The van der Waals surface area contributed by atoms with Crippen LogP contribution < -0.4 is 0 Å². The second-order valence-corrected chi connectivity index (χ2v) is 3.98. The van der Waals surface area contributed by atoms with Gasteiger partial charge in [0.15, 0.2) is 0 Å². The third-order valence-corrected chi connectivity index (χ3v) is 1.96. The molecule has 4 heteroatoms. The van der Waals surface area contributed by atoms with Gasteiger partial charge >= 0.3 is 0 Å². The monoisotopic (exact) mass is 218 g/mol. The molecule has 13 heavy (non-hydrogen) atoms. The van der Waals surface area contributed by atoms with Crippen LogP contribution in [0.25, 0.3) is 0 Å². The summed E-state index contributed by atoms with van der Waals surface area (Å²) in [5, 5.41) is 0.473. The summed E-state index contributed by atoms with van der Waals surface area (Å²) in [4.78, 5) is 8.25. The van der Waals surface area contributed by atoms with E-state index in [0.717, 1.165) is 12.1 Å². The van der Waals surface area contributed by atoms with E-state index in [1.54, 1.807) is 6.07 Å². The molecule has 2 nitrogen and oxygen atoms in total. The lowest BCUT2D eigenvalue weighted by molar-refractivity contribution is 0.631. The van der Waals surface area contributed by atoms with Crippen LogP contribution in [0.1, 0.15) is 25.4 Å². The standard InChI is InChI=1S/C9H12Cl2N2/c1-6(2)3-7-4-8(11)13-9(5-10)12-7/h4,6H,3,5H2,1-2H3. The van der Waals surface area contributed by atoms with Gasteiger partial charge in [-0.1, -0.05) is 25.4 Å². The molecule has 72 valence electrons. The van der Waals surface area contributed by atoms with Crippen molar-refractivity contribution in [3.8, 4) is 0 Å². The Morgan fingerprint density at radius 3 is 2.62 bits per heavy atom. The molecule has 0 saturated carbocycles. The summed E-state index contributed by atoms with van der Waals surface area (Å²) in [6, 6.07) is 1.79. The predicted molar refractivity (Wildman–Crippen MR) is 55.1 cm³/mol. The Labute approximate surface area is 88.3 Å². The number of aromatic nitrogens is 2. The molecule has 0 N–H and O–H groups in total. The van der Waals surface area contributed by atoms with Crippen molar-refractivity contribution in [2.24, 2.45) is 5.92 Å². The molecular weight excluding hydrogens is 207 g/mol. The first-order valence-electron chi connectivity index (χ1n) is 4.20. The molecule has 1 heterocycles. The Balaban J connectivity index is 2.88. The van der Waals surface area contributed by atoms with Crippen molar-refractivity contribution in [1.29, 1.82) is 0 Å². The molecule has 0 atom stereocenters. The van der Waals surface area contributed by atoms with Gasteiger partial charge in [0, 0.05) is 5.69 Å². The average molecular weight is 219 g/mol. The second-order valence-electron chi connectivity index (χ2n) is 3.33. The maximum atomic E-state index is 5.80. The Bertz CT molecular complexity index is 287. The summed E-state index contributed by atoms with van der Waals surface area (Å²) < 4.78 is 0. The molecule has 1 aromatic heterocycles. The molecule has 0 amide bonds. The van der Waals surface area contributed by atoms with Gasteiger partial charge in [-0.25, -0.2) is 9.97 Å². The van der Waals surface area contributed by atoms with Crippen LogP contribution in [0.3, 0.4) is 0 Å². The average Bonchev–Trinajstić information content (AvgIpc) is 2.01. The third kappa shape index (κ3) is 3.49. The lowest BCUT2D eigenvalue weighted by atomic mass is 10.1. The van der Waals surface area contributed by atoms with E-state index < -0.39 is 0 Å². The Morgan fingerprint density at radius 2 is 2.08 bits per heavy atom. The SMILES string of the molecule is CC(C)Cc1cc(Cl)nc(CCl)n1. The summed E-state index contributed by atoms with van der Waals surface area (Å²) in [6.07, 6.45) is 0.909. The Morgan fingerprint density at radius 1 is 1.38 bits per heavy atom. The zero-order chi connectivity index (χ0) is 9.84. The first kappa shape index (κ1) is 10.7. The van der Waals surface area contributed by atoms with Crippen LogP contribution in [-0.4, -0.2) is 9.97 Å². The molecule has 0 aliphatic rings. The zero-order valence-electron chi connectivity index (χ0n) is 7.72. The fourth-order valence-corrected chi connectivity index (χ4v) is 1.44. The fourth-order valence-electron chi connectivity index (χ4n) is 1.10. The number of alkyl halides is 1. The van der Waals surface area contributed by atoms with Crippen molar-refractivity contribution >= 4 is 23.2 Å². The Kier molecular flexibility index (Phi) is 3.94. The number of hydrogen-bond donors (Lipinski definition) is 0. The molecular formula is C9H12Cl2N2. The molecule has 0 spiro atoms. The number of hydrogen-bond acceptors (Lipinski definition) is 2. The van der Waals surface area contributed by atoms with Crippen molar-refractivity contribution in [3.05, 3.63) is 22.7 Å². The van der Waals surface area contributed by atoms with Crippen LogP contribution in [-0.2, 0) is 12.3 Å². The molecule has 1 aromatic rings. The molecule has 0 bridgehead atoms. The minimum atomic E-state index is 0.311. The van der Waals surface area contributed by atoms with Crippen LogP contribution in [0.2, 0.25) is 5.15 Å². The summed E-state index contributed by atoms with van der Waals surface area (Å²) in [7, 11) is 0. The smallest absolute Gasteiger partial charge is 0.145 e. The second kappa shape index (κ2) is 4.77. The highest BCUT2D eigenvalue weighted by molar-refractivity contribution is 6.29. The third-order valence-electron chi connectivity index (χ3n) is 1.53. The van der Waals surface area contributed by atoms with E-state index in [2.05, 4.69) is 23.8 Å². The first-order chi connectivity index (χ1) is 6.11. The topological polar surface area (TPSA) is 25.8 Å². The van der Waals surface area contributed by atoms with Gasteiger partial charge in [-0.15, -0.1) is 11.6 Å². The maximum absolute atomic E-state index is 5.80. The summed E-state index contributed by atoms with van der Waals surface area (Å²) >= 11 is 11.4. The number of halogens is 2. The van der Waals surface area contributed by atoms with Crippen LogP contribution in [0, 0.1) is 5.92 Å². The summed E-state index contributed by atoms with van der Waals surface area (Å²) in [6.45, 7) is 4.27. The van der Waals surface area contributed by atoms with Crippen molar-refractivity contribution in [2.45, 2.75) is 26.1 Å². The van der Waals surface area contributed by atoms with E-state index >= 15 is 0 Å². The van der Waals surface area contributed by atoms with Crippen molar-refractivity contribution in [3.63, 3.8) is 0 Å². The van der Waals surface area contributed by atoms with Crippen molar-refractivity contribution < 1.29 is 0 Å². The number of nitrogens with zero attached hydrogens (tertiary/aromatic N) is 2. The molecule has 0 aliphatic carbocycles. The number of rotatable bonds is 3. The van der Waals surface area contributed by atoms with E-state index in [9.17, 15) is 0 Å². The predicted octanol–water partition coefficient (Wildman–Crippen LogP) is 3.07. The van der Waals surface area contributed by atoms with E-state index in [1.165, 1.54) is 0 Å². The molecule has 0 radical (unpaired) electrons. The van der Waals surface area contributed by atoms with E-state index in [-0.39, 0.29) is 0 Å². The van der Waals surface area contributed by atoms with Gasteiger partial charge in [-0.3, -0.25) is 0 Å². The van der Waals surface area contributed by atoms with Gasteiger partial charge in [0.1, 0.15) is 11.0 Å². The first-order valence-corrected chi connectivity index (χ1v) is 5.11. The van der Waals surface area contributed by atoms with Crippen LogP contribution >= 0.6 is 23.2 Å². The summed E-state index contributed by atoms with van der Waals surface area (Å²) in [5.74, 6) is 1.48. The van der Waals surface area contributed by atoms with Gasteiger partial charge in [0.05, 0.1) is 5.88 Å². The largest absolute Gasteiger partial charge is 0.237 e. The molecule has 0 aliphatic heterocycles. The highest BCUT2D eigenvalue weighted by Gasteiger charge is 2.04. The molecule has 0 unspecified atom stereocenters. The maximum Gasteiger partial charge on any atom is 0.145 e. The highest BCUT2D eigenvalue weighted by Crippen LogP contribution is 2.12. The quantitative estimate of drug-likeness (QED) is 0.576. The molecule has 0 fully saturated rings. The van der Waals surface area contributed by atoms with Gasteiger partial charge < -0.3 is 0 Å². The lowest BCUT2D eigenvalue weighted by Gasteiger charge is -2.05. The van der Waals surface area contributed by atoms with Crippen molar-refractivity contribution in [2.75, 3.05) is 0 Å².